The maximum atomic E-state index is 13.3. The lowest BCUT2D eigenvalue weighted by atomic mass is 10.0. The van der Waals surface area contributed by atoms with Crippen molar-refractivity contribution in [1.82, 2.24) is 19.7 Å². The van der Waals surface area contributed by atoms with Gasteiger partial charge in [0.1, 0.15) is 11.9 Å². The molecule has 0 saturated heterocycles. The topological polar surface area (TPSA) is 51.0 Å². The summed E-state index contributed by atoms with van der Waals surface area (Å²) in [4.78, 5) is 14.8. The largest absolute Gasteiger partial charge is 0.417 e. The molecule has 1 atom stereocenters. The lowest BCUT2D eigenvalue weighted by Crippen LogP contribution is -2.43. The SMILES string of the molecule is Cc1nnc2n1CCN(C(=O)c1cccc(C(F)(F)F)c1Cl)C2c1ccccc1. The van der Waals surface area contributed by atoms with Gasteiger partial charge in [-0.2, -0.15) is 13.2 Å². The fourth-order valence-corrected chi connectivity index (χ4v) is 3.92. The highest BCUT2D eigenvalue weighted by atomic mass is 35.5. The van der Waals surface area contributed by atoms with Gasteiger partial charge in [-0.15, -0.1) is 10.2 Å². The number of amides is 1. The van der Waals surface area contributed by atoms with E-state index in [-0.39, 0.29) is 12.1 Å². The number of fused-ring (bicyclic) bond motifs is 1. The molecule has 0 aliphatic carbocycles. The molecular formula is C20H16ClF3N4O. The van der Waals surface area contributed by atoms with Crippen LogP contribution in [0.1, 0.15) is 39.2 Å². The number of hydrogen-bond donors (Lipinski definition) is 0. The van der Waals surface area contributed by atoms with Crippen LogP contribution < -0.4 is 0 Å². The van der Waals surface area contributed by atoms with Gasteiger partial charge in [0.25, 0.3) is 5.91 Å². The minimum atomic E-state index is -4.65. The number of aryl methyl sites for hydroxylation is 1. The average molecular weight is 421 g/mol. The number of hydrogen-bond acceptors (Lipinski definition) is 3. The predicted octanol–water partition coefficient (Wildman–Crippen LogP) is 4.50. The molecule has 29 heavy (non-hydrogen) atoms. The van der Waals surface area contributed by atoms with Gasteiger partial charge in [0.05, 0.1) is 16.1 Å². The Morgan fingerprint density at radius 3 is 2.48 bits per heavy atom. The van der Waals surface area contributed by atoms with Crippen molar-refractivity contribution < 1.29 is 18.0 Å². The van der Waals surface area contributed by atoms with Crippen LogP contribution in [0.2, 0.25) is 5.02 Å². The van der Waals surface area contributed by atoms with Crippen LogP contribution in [0.3, 0.4) is 0 Å². The number of alkyl halides is 3. The first-order valence-electron chi connectivity index (χ1n) is 8.90. The molecule has 150 valence electrons. The maximum absolute atomic E-state index is 13.3. The monoisotopic (exact) mass is 420 g/mol. The third-order valence-electron chi connectivity index (χ3n) is 5.00. The zero-order valence-electron chi connectivity index (χ0n) is 15.3. The van der Waals surface area contributed by atoms with Crippen molar-refractivity contribution in [2.24, 2.45) is 0 Å². The first-order chi connectivity index (χ1) is 13.8. The molecule has 0 spiro atoms. The number of nitrogens with zero attached hydrogens (tertiary/aromatic N) is 4. The van der Waals surface area contributed by atoms with Crippen LogP contribution in [0.5, 0.6) is 0 Å². The van der Waals surface area contributed by atoms with Crippen LogP contribution in [0.4, 0.5) is 13.2 Å². The van der Waals surface area contributed by atoms with E-state index in [2.05, 4.69) is 10.2 Å². The second kappa shape index (κ2) is 7.18. The standard InChI is InChI=1S/C20H16ClF3N4O/c1-12-25-26-18-17(13-6-3-2-4-7-13)28(11-10-27(12)18)19(29)14-8-5-9-15(16(14)21)20(22,23)24/h2-9,17H,10-11H2,1H3. The Labute approximate surface area is 169 Å². The van der Waals surface area contributed by atoms with Gasteiger partial charge in [0, 0.05) is 13.1 Å². The zero-order chi connectivity index (χ0) is 20.8. The first-order valence-corrected chi connectivity index (χ1v) is 9.28. The molecule has 5 nitrogen and oxygen atoms in total. The van der Waals surface area contributed by atoms with Gasteiger partial charge >= 0.3 is 6.18 Å². The molecule has 4 rings (SSSR count). The van der Waals surface area contributed by atoms with Crippen LogP contribution in [-0.2, 0) is 12.7 Å². The van der Waals surface area contributed by atoms with Crippen molar-refractivity contribution in [3.63, 3.8) is 0 Å². The van der Waals surface area contributed by atoms with E-state index in [0.29, 0.717) is 18.2 Å². The molecule has 1 aliphatic rings. The summed E-state index contributed by atoms with van der Waals surface area (Å²) in [5, 5.41) is 7.73. The third kappa shape index (κ3) is 3.37. The zero-order valence-corrected chi connectivity index (χ0v) is 16.1. The Morgan fingerprint density at radius 1 is 1.07 bits per heavy atom. The van der Waals surface area contributed by atoms with Gasteiger partial charge in [0.2, 0.25) is 0 Å². The summed E-state index contributed by atoms with van der Waals surface area (Å²) < 4.78 is 41.6. The lowest BCUT2D eigenvalue weighted by molar-refractivity contribution is -0.137. The lowest BCUT2D eigenvalue weighted by Gasteiger charge is -2.36. The van der Waals surface area contributed by atoms with Gasteiger partial charge < -0.3 is 9.47 Å². The molecule has 1 amide bonds. The van der Waals surface area contributed by atoms with Crippen molar-refractivity contribution in [3.8, 4) is 0 Å². The number of benzene rings is 2. The van der Waals surface area contributed by atoms with Crippen LogP contribution in [-0.4, -0.2) is 32.1 Å². The van der Waals surface area contributed by atoms with Gasteiger partial charge in [0.15, 0.2) is 5.82 Å². The van der Waals surface area contributed by atoms with E-state index in [1.165, 1.54) is 17.0 Å². The van der Waals surface area contributed by atoms with Gasteiger partial charge in [-0.1, -0.05) is 48.0 Å². The molecule has 0 saturated carbocycles. The highest BCUT2D eigenvalue weighted by Gasteiger charge is 2.38. The fourth-order valence-electron chi connectivity index (χ4n) is 3.61. The smallest absolute Gasteiger partial charge is 0.322 e. The molecule has 0 fully saturated rings. The molecule has 0 radical (unpaired) electrons. The Hall–Kier alpha value is -2.87. The fraction of sp³-hybridized carbons (Fsp3) is 0.250. The molecule has 1 unspecified atom stereocenters. The van der Waals surface area contributed by atoms with Gasteiger partial charge in [-0.05, 0) is 24.6 Å². The Morgan fingerprint density at radius 2 is 1.79 bits per heavy atom. The quantitative estimate of drug-likeness (QED) is 0.613. The first kappa shape index (κ1) is 19.4. The summed E-state index contributed by atoms with van der Waals surface area (Å²) >= 11 is 6.00. The van der Waals surface area contributed by atoms with Crippen LogP contribution >= 0.6 is 11.6 Å². The molecule has 0 N–H and O–H groups in total. The van der Waals surface area contributed by atoms with E-state index >= 15 is 0 Å². The summed E-state index contributed by atoms with van der Waals surface area (Å²) in [6.45, 7) is 2.55. The molecule has 2 heterocycles. The normalized spacial score (nSPS) is 16.6. The summed E-state index contributed by atoms with van der Waals surface area (Å²) in [7, 11) is 0. The summed E-state index contributed by atoms with van der Waals surface area (Å²) in [6.07, 6.45) is -4.65. The highest BCUT2D eigenvalue weighted by Crippen LogP contribution is 2.38. The number of rotatable bonds is 2. The van der Waals surface area contributed by atoms with E-state index in [9.17, 15) is 18.0 Å². The molecule has 9 heteroatoms. The molecular weight excluding hydrogens is 405 g/mol. The van der Waals surface area contributed by atoms with Crippen molar-refractivity contribution in [3.05, 3.63) is 81.9 Å². The number of aromatic nitrogens is 3. The molecule has 1 aromatic heterocycles. The molecule has 3 aromatic rings. The molecule has 0 bridgehead atoms. The Kier molecular flexibility index (Phi) is 4.82. The van der Waals surface area contributed by atoms with E-state index in [0.717, 1.165) is 11.6 Å². The van der Waals surface area contributed by atoms with Gasteiger partial charge in [-0.25, -0.2) is 0 Å². The van der Waals surface area contributed by atoms with Gasteiger partial charge in [-0.3, -0.25) is 4.79 Å². The minimum absolute atomic E-state index is 0.188. The second-order valence-electron chi connectivity index (χ2n) is 6.73. The molecule has 1 aliphatic heterocycles. The summed E-state index contributed by atoms with van der Waals surface area (Å²) in [5.41, 5.74) is -0.429. The highest BCUT2D eigenvalue weighted by molar-refractivity contribution is 6.34. The second-order valence-corrected chi connectivity index (χ2v) is 7.11. The Balaban J connectivity index is 1.81. The van der Waals surface area contributed by atoms with E-state index in [4.69, 9.17) is 11.6 Å². The van der Waals surface area contributed by atoms with Crippen molar-refractivity contribution in [2.75, 3.05) is 6.54 Å². The number of carbonyl (C=O) groups excluding carboxylic acids is 1. The summed E-state index contributed by atoms with van der Waals surface area (Å²) in [6, 6.07) is 12.0. The van der Waals surface area contributed by atoms with Crippen LogP contribution in [0.25, 0.3) is 0 Å². The average Bonchev–Trinajstić information content (AvgIpc) is 3.07. The third-order valence-corrected chi connectivity index (χ3v) is 5.40. The summed E-state index contributed by atoms with van der Waals surface area (Å²) in [5.74, 6) is 0.698. The minimum Gasteiger partial charge on any atom is -0.322 e. The molecule has 2 aromatic carbocycles. The predicted molar refractivity (Wildman–Crippen MR) is 101 cm³/mol. The van der Waals surface area contributed by atoms with E-state index in [1.807, 2.05) is 41.8 Å². The van der Waals surface area contributed by atoms with Crippen LogP contribution in [0.15, 0.2) is 48.5 Å². The van der Waals surface area contributed by atoms with E-state index in [1.54, 1.807) is 0 Å². The van der Waals surface area contributed by atoms with Crippen molar-refractivity contribution in [2.45, 2.75) is 25.7 Å². The maximum Gasteiger partial charge on any atom is 0.417 e. The van der Waals surface area contributed by atoms with Crippen molar-refractivity contribution in [1.29, 1.82) is 0 Å². The van der Waals surface area contributed by atoms with Crippen LogP contribution in [0, 0.1) is 6.92 Å². The number of carbonyl (C=O) groups is 1. The number of halogens is 4. The van der Waals surface area contributed by atoms with E-state index < -0.39 is 28.7 Å². The Bertz CT molecular complexity index is 1070. The van der Waals surface area contributed by atoms with Crippen molar-refractivity contribution >= 4 is 17.5 Å².